The Balaban J connectivity index is 2.06. The van der Waals surface area contributed by atoms with Gasteiger partial charge in [0, 0.05) is 19.7 Å². The van der Waals surface area contributed by atoms with Crippen molar-refractivity contribution in [2.24, 2.45) is 0 Å². The molecule has 13 heavy (non-hydrogen) atoms. The summed E-state index contributed by atoms with van der Waals surface area (Å²) in [5, 5.41) is 0. The number of aromatic amines is 1. The molecule has 0 bridgehead atoms. The van der Waals surface area contributed by atoms with E-state index in [0.717, 1.165) is 38.7 Å². The van der Waals surface area contributed by atoms with Crippen LogP contribution in [0.2, 0.25) is 0 Å². The standard InChI is InChI=1S/C8H14N4O/c9-7-6-10-8(11-7)12-2-1-4-13-5-3-12/h6H,1-5,9H2,(H,10,11). The van der Waals surface area contributed by atoms with Gasteiger partial charge in [0.1, 0.15) is 5.82 Å². The maximum Gasteiger partial charge on any atom is 0.204 e. The maximum absolute atomic E-state index is 5.55. The van der Waals surface area contributed by atoms with Gasteiger partial charge in [-0.25, -0.2) is 4.98 Å². The number of nitrogen functional groups attached to an aromatic ring is 1. The van der Waals surface area contributed by atoms with Crippen LogP contribution in [-0.2, 0) is 4.74 Å². The molecule has 0 saturated carbocycles. The van der Waals surface area contributed by atoms with Crippen LogP contribution in [0, 0.1) is 0 Å². The zero-order chi connectivity index (χ0) is 9.10. The summed E-state index contributed by atoms with van der Waals surface area (Å²) in [4.78, 5) is 9.34. The second-order valence-corrected chi connectivity index (χ2v) is 3.12. The van der Waals surface area contributed by atoms with Crippen LogP contribution in [0.3, 0.4) is 0 Å². The lowest BCUT2D eigenvalue weighted by atomic mass is 10.4. The highest BCUT2D eigenvalue weighted by atomic mass is 16.5. The molecule has 0 amide bonds. The van der Waals surface area contributed by atoms with Gasteiger partial charge in [-0.15, -0.1) is 0 Å². The number of nitrogens with two attached hydrogens (primary N) is 1. The second-order valence-electron chi connectivity index (χ2n) is 3.12. The summed E-state index contributed by atoms with van der Waals surface area (Å²) < 4.78 is 5.34. The van der Waals surface area contributed by atoms with Crippen molar-refractivity contribution < 1.29 is 4.74 Å². The quantitative estimate of drug-likeness (QED) is 0.652. The van der Waals surface area contributed by atoms with E-state index in [1.54, 1.807) is 6.20 Å². The minimum absolute atomic E-state index is 0.611. The molecule has 72 valence electrons. The third-order valence-electron chi connectivity index (χ3n) is 2.10. The molecule has 0 atom stereocenters. The topological polar surface area (TPSA) is 67.2 Å². The maximum atomic E-state index is 5.55. The van der Waals surface area contributed by atoms with Crippen molar-refractivity contribution >= 4 is 11.8 Å². The molecule has 5 nitrogen and oxygen atoms in total. The highest BCUT2D eigenvalue weighted by molar-refractivity contribution is 5.39. The van der Waals surface area contributed by atoms with Crippen molar-refractivity contribution in [2.75, 3.05) is 36.9 Å². The molecule has 0 radical (unpaired) electrons. The van der Waals surface area contributed by atoms with Gasteiger partial charge in [0.2, 0.25) is 5.95 Å². The van der Waals surface area contributed by atoms with Crippen molar-refractivity contribution in [3.63, 3.8) is 0 Å². The summed E-state index contributed by atoms with van der Waals surface area (Å²) in [6.07, 6.45) is 2.68. The number of anilines is 2. The normalized spacial score (nSPS) is 18.6. The number of nitrogens with zero attached hydrogens (tertiary/aromatic N) is 2. The van der Waals surface area contributed by atoms with Gasteiger partial charge >= 0.3 is 0 Å². The molecule has 1 aliphatic heterocycles. The number of aromatic nitrogens is 2. The Kier molecular flexibility index (Phi) is 2.35. The van der Waals surface area contributed by atoms with E-state index in [0.29, 0.717) is 5.82 Å². The van der Waals surface area contributed by atoms with Crippen LogP contribution in [0.5, 0.6) is 0 Å². The average molecular weight is 182 g/mol. The average Bonchev–Trinajstić information content (AvgIpc) is 2.43. The van der Waals surface area contributed by atoms with Gasteiger partial charge in [0.15, 0.2) is 0 Å². The SMILES string of the molecule is Nc1cnc(N2CCCOCC2)[nH]1. The van der Waals surface area contributed by atoms with E-state index in [1.807, 2.05) is 0 Å². The van der Waals surface area contributed by atoms with Crippen LogP contribution in [0.15, 0.2) is 6.20 Å². The number of H-pyrrole nitrogens is 1. The Morgan fingerprint density at radius 2 is 2.38 bits per heavy atom. The molecular formula is C8H14N4O. The predicted molar refractivity (Wildman–Crippen MR) is 50.6 cm³/mol. The summed E-state index contributed by atoms with van der Waals surface area (Å²) in [6.45, 7) is 3.47. The molecule has 0 unspecified atom stereocenters. The molecule has 2 heterocycles. The first-order valence-electron chi connectivity index (χ1n) is 4.49. The Hall–Kier alpha value is -1.23. The number of hydrogen-bond acceptors (Lipinski definition) is 4. The molecule has 0 spiro atoms. The fourth-order valence-electron chi connectivity index (χ4n) is 1.44. The Bertz CT molecular complexity index is 265. The van der Waals surface area contributed by atoms with Crippen molar-refractivity contribution in [3.05, 3.63) is 6.20 Å². The van der Waals surface area contributed by atoms with E-state index in [1.165, 1.54) is 0 Å². The first-order valence-corrected chi connectivity index (χ1v) is 4.49. The number of nitrogens with one attached hydrogen (secondary N) is 1. The number of imidazole rings is 1. The summed E-state index contributed by atoms with van der Waals surface area (Å²) in [6, 6.07) is 0. The van der Waals surface area contributed by atoms with Crippen LogP contribution < -0.4 is 10.6 Å². The van der Waals surface area contributed by atoms with E-state index in [2.05, 4.69) is 14.9 Å². The van der Waals surface area contributed by atoms with Crippen LogP contribution in [0.25, 0.3) is 0 Å². The van der Waals surface area contributed by atoms with Crippen molar-refractivity contribution in [1.82, 2.24) is 9.97 Å². The molecule has 3 N–H and O–H groups in total. The predicted octanol–water partition coefficient (Wildman–Crippen LogP) is 0.219. The minimum atomic E-state index is 0.611. The molecule has 0 aromatic carbocycles. The lowest BCUT2D eigenvalue weighted by molar-refractivity contribution is 0.152. The minimum Gasteiger partial charge on any atom is -0.384 e. The van der Waals surface area contributed by atoms with Crippen LogP contribution >= 0.6 is 0 Å². The number of ether oxygens (including phenoxy) is 1. The summed E-state index contributed by atoms with van der Waals surface area (Å²) in [5.74, 6) is 1.46. The summed E-state index contributed by atoms with van der Waals surface area (Å²) >= 11 is 0. The van der Waals surface area contributed by atoms with Gasteiger partial charge in [-0.05, 0) is 6.42 Å². The zero-order valence-corrected chi connectivity index (χ0v) is 7.49. The van der Waals surface area contributed by atoms with E-state index in [4.69, 9.17) is 10.5 Å². The highest BCUT2D eigenvalue weighted by Gasteiger charge is 2.11. The van der Waals surface area contributed by atoms with Crippen molar-refractivity contribution in [3.8, 4) is 0 Å². The molecule has 1 aliphatic rings. The Labute approximate surface area is 76.9 Å². The third kappa shape index (κ3) is 1.92. The lowest BCUT2D eigenvalue weighted by Crippen LogP contribution is -2.26. The number of rotatable bonds is 1. The number of hydrogen-bond donors (Lipinski definition) is 2. The van der Waals surface area contributed by atoms with Crippen molar-refractivity contribution in [2.45, 2.75) is 6.42 Å². The largest absolute Gasteiger partial charge is 0.384 e. The van der Waals surface area contributed by atoms with E-state index < -0.39 is 0 Å². The fourth-order valence-corrected chi connectivity index (χ4v) is 1.44. The third-order valence-corrected chi connectivity index (χ3v) is 2.10. The van der Waals surface area contributed by atoms with E-state index in [9.17, 15) is 0 Å². The van der Waals surface area contributed by atoms with Gasteiger partial charge in [-0.2, -0.15) is 0 Å². The highest BCUT2D eigenvalue weighted by Crippen LogP contribution is 2.11. The van der Waals surface area contributed by atoms with Gasteiger partial charge in [0.05, 0.1) is 12.8 Å². The monoisotopic (exact) mass is 182 g/mol. The molecule has 1 saturated heterocycles. The van der Waals surface area contributed by atoms with Crippen LogP contribution in [0.4, 0.5) is 11.8 Å². The van der Waals surface area contributed by atoms with Gasteiger partial charge in [-0.1, -0.05) is 0 Å². The summed E-state index contributed by atoms with van der Waals surface area (Å²) in [5.41, 5.74) is 5.55. The zero-order valence-electron chi connectivity index (χ0n) is 7.49. The van der Waals surface area contributed by atoms with E-state index in [-0.39, 0.29) is 0 Å². The van der Waals surface area contributed by atoms with Gasteiger partial charge in [-0.3, -0.25) is 0 Å². The molecular weight excluding hydrogens is 168 g/mol. The molecule has 0 aliphatic carbocycles. The van der Waals surface area contributed by atoms with Gasteiger partial charge < -0.3 is 20.4 Å². The second kappa shape index (κ2) is 3.66. The lowest BCUT2D eigenvalue weighted by Gasteiger charge is -2.17. The Morgan fingerprint density at radius 3 is 3.15 bits per heavy atom. The molecule has 2 rings (SSSR count). The molecule has 5 heteroatoms. The molecule has 1 aromatic heterocycles. The van der Waals surface area contributed by atoms with Gasteiger partial charge in [0.25, 0.3) is 0 Å². The first kappa shape index (κ1) is 8.37. The van der Waals surface area contributed by atoms with Crippen LogP contribution in [0.1, 0.15) is 6.42 Å². The fraction of sp³-hybridized carbons (Fsp3) is 0.625. The van der Waals surface area contributed by atoms with Crippen LogP contribution in [-0.4, -0.2) is 36.3 Å². The smallest absolute Gasteiger partial charge is 0.204 e. The first-order chi connectivity index (χ1) is 6.36. The van der Waals surface area contributed by atoms with E-state index >= 15 is 0 Å². The molecule has 1 fully saturated rings. The Morgan fingerprint density at radius 1 is 1.46 bits per heavy atom. The van der Waals surface area contributed by atoms with Crippen molar-refractivity contribution in [1.29, 1.82) is 0 Å². The summed E-state index contributed by atoms with van der Waals surface area (Å²) in [7, 11) is 0. The molecule has 1 aromatic rings.